The van der Waals surface area contributed by atoms with Crippen molar-refractivity contribution < 1.29 is 84.1 Å². The van der Waals surface area contributed by atoms with Gasteiger partial charge in [0.25, 0.3) is 0 Å². The first-order valence-corrected chi connectivity index (χ1v) is 10.1. The fourth-order valence-corrected chi connectivity index (χ4v) is 2.00. The number of likely N-dealkylation sites (tertiary alicyclic amines) is 1. The molecule has 0 aromatic heterocycles. The second-order valence-corrected chi connectivity index (χ2v) is 6.58. The molecule has 2 aromatic carbocycles. The Bertz CT molecular complexity index is 2410. The number of carbonyl (C=O) groups excluding carboxylic acids is 1. The van der Waals surface area contributed by atoms with Crippen molar-refractivity contribution in [2.24, 2.45) is 5.89 Å². The number of urea groups is 1. The van der Waals surface area contributed by atoms with Gasteiger partial charge in [0, 0.05) is 43.7 Å². The molecule has 0 spiro atoms. The van der Waals surface area contributed by atoms with Crippen LogP contribution in [-0.2, 0) is 22.6 Å². The quantitative estimate of drug-likeness (QED) is 0.310. The van der Waals surface area contributed by atoms with Crippen molar-refractivity contribution in [3.63, 3.8) is 0 Å². The smallest absolute Gasteiger partial charge is 0.333 e. The van der Waals surface area contributed by atoms with Crippen LogP contribution in [-0.4, -0.2) is 81.7 Å². The lowest BCUT2D eigenvalue weighted by Gasteiger charge is -2.37. The number of nitrogens with zero attached hydrogens (tertiary/aromatic N) is 2. The number of aliphatic carboxylic acids is 2. The zero-order valence-corrected chi connectivity index (χ0v) is 19.5. The Labute approximate surface area is 280 Å². The maximum absolute atomic E-state index is 14.7. The van der Waals surface area contributed by atoms with E-state index in [1.807, 2.05) is 0 Å². The Morgan fingerprint density at radius 1 is 1.20 bits per heavy atom. The Morgan fingerprint density at radius 3 is 2.35 bits per heavy atom. The SMILES string of the molecule is O=C(O)CC(O)C(=O)O.[2H]c1c([2H])c(C([2H])([2H])N(C(=O)NC([2H])([2H])c2c([2H])c([2H])c(OC([2H])([2H])C([2H])(C([2H])([2H])[2H])C([2H])([2H])[2H])c([2H])c2[2H])C2([2H])C([2H])([2H])C([2H])([2H])N(C([2H])([2H])[2H])C([2H])([2H])C2([2H])[2H])c([2H])c([2H])c1F. The largest absolute Gasteiger partial charge is 0.493 e. The summed E-state index contributed by atoms with van der Waals surface area (Å²) >= 11 is 0. The Hall–Kier alpha value is -3.70. The summed E-state index contributed by atoms with van der Waals surface area (Å²) in [7, 11) is 0. The molecule has 3 rings (SSSR count). The number of hydrogen-bond donors (Lipinski definition) is 4. The van der Waals surface area contributed by atoms with Gasteiger partial charge in [0.15, 0.2) is 6.10 Å². The summed E-state index contributed by atoms with van der Waals surface area (Å²) in [6, 6.07) is -21.8. The fraction of sp³-hybridized carbons (Fsp3) is 0.483. The van der Waals surface area contributed by atoms with Crippen molar-refractivity contribution in [2.45, 2.75) is 58.0 Å². The van der Waals surface area contributed by atoms with Crippen LogP contribution in [0.5, 0.6) is 5.75 Å². The van der Waals surface area contributed by atoms with Gasteiger partial charge >= 0.3 is 18.0 Å². The molecule has 1 unspecified atom stereocenters. The summed E-state index contributed by atoms with van der Waals surface area (Å²) in [6.07, 6.45) is -12.2. The average Bonchev–Trinajstić information content (AvgIpc) is 3.16. The van der Waals surface area contributed by atoms with Crippen molar-refractivity contribution in [1.82, 2.24) is 15.1 Å². The molecule has 2 aromatic rings. The number of hydrogen-bond acceptors (Lipinski definition) is 6. The fourth-order valence-electron chi connectivity index (χ4n) is 2.00. The van der Waals surface area contributed by atoms with Gasteiger partial charge < -0.3 is 35.2 Å². The molecule has 0 radical (unpaired) electrons. The summed E-state index contributed by atoms with van der Waals surface area (Å²) in [5.74, 6) is -10.7. The predicted molar refractivity (Wildman–Crippen MR) is 147 cm³/mol. The molecule has 0 aliphatic carbocycles. The van der Waals surface area contributed by atoms with Crippen LogP contribution in [0.1, 0.15) is 89.2 Å². The highest BCUT2D eigenvalue weighted by atomic mass is 19.1. The predicted octanol–water partition coefficient (Wildman–Crippen LogP) is 3.57. The molecule has 1 atom stereocenters. The lowest BCUT2D eigenvalue weighted by atomic mass is 10.0. The molecule has 1 fully saturated rings. The van der Waals surface area contributed by atoms with Gasteiger partial charge in [-0.2, -0.15) is 0 Å². The van der Waals surface area contributed by atoms with Crippen LogP contribution in [0.25, 0.3) is 0 Å². The van der Waals surface area contributed by atoms with Gasteiger partial charge in [-0.3, -0.25) is 4.79 Å². The Kier molecular flexibility index (Phi) is 3.76. The van der Waals surface area contributed by atoms with E-state index < -0.39 is 189 Å². The molecule has 11 heteroatoms. The number of piperidine rings is 1. The maximum atomic E-state index is 14.7. The van der Waals surface area contributed by atoms with Gasteiger partial charge in [-0.25, -0.2) is 14.0 Å². The number of nitrogens with one attached hydrogen (secondary N) is 1. The number of halogens is 1. The van der Waals surface area contributed by atoms with E-state index >= 15 is 0 Å². The number of aliphatic hydroxyl groups is 1. The molecular weight excluding hydrogens is 521 g/mol. The molecular formula is C29H40FN3O7. The van der Waals surface area contributed by atoms with Crippen molar-refractivity contribution in [3.05, 3.63) is 65.3 Å². The van der Waals surface area contributed by atoms with E-state index in [1.54, 1.807) is 0 Å². The van der Waals surface area contributed by atoms with E-state index in [9.17, 15) is 20.1 Å². The Morgan fingerprint density at radius 2 is 1.82 bits per heavy atom. The third-order valence-electron chi connectivity index (χ3n) is 3.62. The lowest BCUT2D eigenvalue weighted by molar-refractivity contribution is -0.152. The van der Waals surface area contributed by atoms with Crippen LogP contribution in [0.4, 0.5) is 9.18 Å². The molecule has 40 heavy (non-hydrogen) atoms. The number of amides is 2. The minimum Gasteiger partial charge on any atom is -0.493 e. The van der Waals surface area contributed by atoms with E-state index in [1.165, 1.54) is 0 Å². The van der Waals surface area contributed by atoms with Crippen LogP contribution >= 0.6 is 0 Å². The van der Waals surface area contributed by atoms with Gasteiger partial charge in [0.1, 0.15) is 11.6 Å². The van der Waals surface area contributed by atoms with Crippen LogP contribution < -0.4 is 10.1 Å². The zero-order chi connectivity index (χ0) is 58.5. The normalized spacial score (nSPS) is 34.7. The second kappa shape index (κ2) is 16.4. The number of rotatable bonds is 11. The van der Waals surface area contributed by atoms with Crippen molar-refractivity contribution >= 4 is 18.0 Å². The molecule has 220 valence electrons. The number of aliphatic hydroxyl groups excluding tert-OH is 1. The van der Waals surface area contributed by atoms with Gasteiger partial charge in [-0.05, 0) is 73.9 Å². The first-order chi connectivity index (χ1) is 31.9. The lowest BCUT2D eigenvalue weighted by Crippen LogP contribution is -2.49. The second-order valence-electron chi connectivity index (χ2n) is 6.58. The molecule has 1 aliphatic heterocycles. The highest BCUT2D eigenvalue weighted by Crippen LogP contribution is 2.19. The third-order valence-corrected chi connectivity index (χ3v) is 3.62. The third kappa shape index (κ3) is 12.0. The molecule has 1 saturated heterocycles. The van der Waals surface area contributed by atoms with Gasteiger partial charge in [0.2, 0.25) is 0 Å². The summed E-state index contributed by atoms with van der Waals surface area (Å²) in [4.78, 5) is 31.7. The number of carbonyl (C=O) groups is 3. The molecule has 10 nitrogen and oxygen atoms in total. The summed E-state index contributed by atoms with van der Waals surface area (Å²) in [6.45, 7) is -34.6. The molecule has 0 bridgehead atoms. The summed E-state index contributed by atoms with van der Waals surface area (Å²) < 4.78 is 291. The number of carboxylic acids is 2. The van der Waals surface area contributed by atoms with Gasteiger partial charge in [-0.15, -0.1) is 0 Å². The van der Waals surface area contributed by atoms with E-state index in [0.29, 0.717) is 0 Å². The van der Waals surface area contributed by atoms with Crippen molar-refractivity contribution in [3.8, 4) is 5.75 Å². The molecule has 4 N–H and O–H groups in total. The first-order valence-electron chi connectivity index (χ1n) is 26.6. The van der Waals surface area contributed by atoms with Crippen LogP contribution in [0.2, 0.25) is 0 Å². The monoisotopic (exact) mass is 594 g/mol. The van der Waals surface area contributed by atoms with E-state index in [-0.39, 0.29) is 0 Å². The highest BCUT2D eigenvalue weighted by molar-refractivity contribution is 5.79. The number of benzene rings is 2. The van der Waals surface area contributed by atoms with Crippen LogP contribution in [0, 0.1) is 11.7 Å². The van der Waals surface area contributed by atoms with E-state index in [4.69, 9.17) is 63.9 Å². The standard InChI is InChI=1S/C25H34FN3O2.C4H6O5/c1-19(2)18-31-24-10-6-20(7-11-24)16-27-25(30)29(23-12-14-28(3)15-13-23)17-21-4-8-22(26)9-5-21;5-2(4(8)9)1-3(6)7/h4-11,19,23H,12-18H2,1-3H3,(H,27,30);2,5H,1H2,(H,6,7)(H,8,9)/i1D3,2D3,3D3,4D,5D,6D,7D,8D,9D,10D,11D,12D2,13D2,14D2,15D2,16D2,17D2,18D2,19D,23D;. The van der Waals surface area contributed by atoms with Gasteiger partial charge in [0.05, 0.1) is 33.5 Å². The molecule has 1 aliphatic rings. The topological polar surface area (TPSA) is 140 Å². The number of carboxylic acid groups (broad SMARTS) is 2. The van der Waals surface area contributed by atoms with Crippen LogP contribution in [0.15, 0.2) is 48.3 Å². The van der Waals surface area contributed by atoms with Crippen molar-refractivity contribution in [1.29, 1.82) is 0 Å². The van der Waals surface area contributed by atoms with Crippen molar-refractivity contribution in [2.75, 3.05) is 26.5 Å². The highest BCUT2D eigenvalue weighted by Gasteiger charge is 2.27. The van der Waals surface area contributed by atoms with Gasteiger partial charge in [-0.1, -0.05) is 37.9 Å². The maximum Gasteiger partial charge on any atom is 0.333 e. The zero-order valence-electron chi connectivity index (χ0n) is 52.5. The minimum absolute atomic E-state index is 0.755. The molecule has 2 amide bonds. The summed E-state index contributed by atoms with van der Waals surface area (Å²) in [5, 5.41) is 25.3. The van der Waals surface area contributed by atoms with Crippen LogP contribution in [0.3, 0.4) is 0 Å². The molecule has 0 saturated carbocycles. The van der Waals surface area contributed by atoms with E-state index in [0.717, 1.165) is 5.32 Å². The number of ether oxygens (including phenoxy) is 1. The Balaban J connectivity index is 0.00000184. The molecule has 1 heterocycles. The minimum atomic E-state index is -5.03. The summed E-state index contributed by atoms with van der Waals surface area (Å²) in [5.41, 5.74) is -3.64. The average molecular weight is 595 g/mol. The van der Waals surface area contributed by atoms with E-state index in [2.05, 4.69) is 0 Å². The first kappa shape index (κ1) is 9.15.